The quantitative estimate of drug-likeness (QED) is 0.723. The number of aldehydes is 1. The average Bonchev–Trinajstić information content (AvgIpc) is 2.57. The van der Waals surface area contributed by atoms with E-state index in [0.717, 1.165) is 0 Å². The SMILES string of the molecule is CC(C)C1c2c(coc2C=O)CS1(=O)=O. The molecule has 0 radical (unpaired) electrons. The summed E-state index contributed by atoms with van der Waals surface area (Å²) in [7, 11) is -3.15. The first-order valence-corrected chi connectivity index (χ1v) is 6.46. The summed E-state index contributed by atoms with van der Waals surface area (Å²) in [5, 5.41) is -0.591. The number of carbonyl (C=O) groups is 1. The van der Waals surface area contributed by atoms with Crippen LogP contribution in [0, 0.1) is 5.92 Å². The molecule has 1 aromatic heterocycles. The summed E-state index contributed by atoms with van der Waals surface area (Å²) in [6.45, 7) is 3.66. The Morgan fingerprint density at radius 2 is 2.20 bits per heavy atom. The molecule has 0 aliphatic carbocycles. The van der Waals surface area contributed by atoms with Crippen LogP contribution in [-0.4, -0.2) is 14.7 Å². The van der Waals surface area contributed by atoms with Crippen molar-refractivity contribution < 1.29 is 17.6 Å². The Kier molecular flexibility index (Phi) is 2.22. The molecule has 1 aliphatic rings. The second-order valence-electron chi connectivity index (χ2n) is 4.13. The van der Waals surface area contributed by atoms with E-state index in [9.17, 15) is 13.2 Å². The third-order valence-corrected chi connectivity index (χ3v) is 4.95. The molecular formula is C10H12O4S. The zero-order valence-corrected chi connectivity index (χ0v) is 9.37. The van der Waals surface area contributed by atoms with E-state index < -0.39 is 15.1 Å². The van der Waals surface area contributed by atoms with Gasteiger partial charge in [-0.1, -0.05) is 13.8 Å². The molecule has 82 valence electrons. The average molecular weight is 228 g/mol. The van der Waals surface area contributed by atoms with E-state index in [1.807, 2.05) is 13.8 Å². The van der Waals surface area contributed by atoms with Gasteiger partial charge in [-0.3, -0.25) is 4.79 Å². The topological polar surface area (TPSA) is 64.3 Å². The highest BCUT2D eigenvalue weighted by Crippen LogP contribution is 2.43. The van der Waals surface area contributed by atoms with Crippen LogP contribution in [-0.2, 0) is 15.6 Å². The van der Waals surface area contributed by atoms with Crippen LogP contribution in [0.15, 0.2) is 10.7 Å². The molecule has 0 saturated heterocycles. The van der Waals surface area contributed by atoms with Crippen LogP contribution >= 0.6 is 0 Å². The number of fused-ring (bicyclic) bond motifs is 1. The molecule has 0 fully saturated rings. The Morgan fingerprint density at radius 3 is 2.73 bits per heavy atom. The molecule has 5 heteroatoms. The maximum Gasteiger partial charge on any atom is 0.185 e. The first kappa shape index (κ1) is 10.4. The van der Waals surface area contributed by atoms with E-state index in [1.165, 1.54) is 6.26 Å². The zero-order chi connectivity index (χ0) is 11.2. The molecule has 4 nitrogen and oxygen atoms in total. The summed E-state index contributed by atoms with van der Waals surface area (Å²) in [6, 6.07) is 0. The van der Waals surface area contributed by atoms with Crippen LogP contribution in [0.4, 0.5) is 0 Å². The summed E-state index contributed by atoms with van der Waals surface area (Å²) >= 11 is 0. The van der Waals surface area contributed by atoms with E-state index in [0.29, 0.717) is 17.4 Å². The fraction of sp³-hybridized carbons (Fsp3) is 0.500. The summed E-state index contributed by atoms with van der Waals surface area (Å²) < 4.78 is 28.7. The van der Waals surface area contributed by atoms with Crippen LogP contribution in [0.1, 0.15) is 40.8 Å². The van der Waals surface area contributed by atoms with Gasteiger partial charge in [-0.25, -0.2) is 8.42 Å². The van der Waals surface area contributed by atoms with Crippen molar-refractivity contribution in [2.75, 3.05) is 0 Å². The van der Waals surface area contributed by atoms with Gasteiger partial charge < -0.3 is 4.42 Å². The van der Waals surface area contributed by atoms with Crippen molar-refractivity contribution in [3.63, 3.8) is 0 Å². The van der Waals surface area contributed by atoms with Gasteiger partial charge in [0.15, 0.2) is 21.9 Å². The van der Waals surface area contributed by atoms with Gasteiger partial charge in [0.05, 0.1) is 17.3 Å². The molecule has 0 bridgehead atoms. The Hall–Kier alpha value is -1.10. The molecule has 0 aromatic carbocycles. The molecule has 0 amide bonds. The largest absolute Gasteiger partial charge is 0.461 e. The molecule has 1 aromatic rings. The monoisotopic (exact) mass is 228 g/mol. The number of furan rings is 1. The third kappa shape index (κ3) is 1.42. The predicted octanol–water partition coefficient (Wildman–Crippen LogP) is 1.72. The third-order valence-electron chi connectivity index (χ3n) is 2.68. The van der Waals surface area contributed by atoms with Crippen LogP contribution in [0.25, 0.3) is 0 Å². The molecule has 2 rings (SSSR count). The van der Waals surface area contributed by atoms with Gasteiger partial charge in [0.2, 0.25) is 0 Å². The van der Waals surface area contributed by atoms with Crippen molar-refractivity contribution >= 4 is 16.1 Å². The molecule has 1 unspecified atom stereocenters. The fourth-order valence-corrected chi connectivity index (χ4v) is 4.47. The summed E-state index contributed by atoms with van der Waals surface area (Å²) in [5.74, 6) is 0.0972. The highest BCUT2D eigenvalue weighted by atomic mass is 32.2. The van der Waals surface area contributed by atoms with Gasteiger partial charge in [-0.2, -0.15) is 0 Å². The van der Waals surface area contributed by atoms with Crippen LogP contribution < -0.4 is 0 Å². The lowest BCUT2D eigenvalue weighted by molar-refractivity contribution is 0.109. The highest BCUT2D eigenvalue weighted by Gasteiger charge is 2.42. The van der Waals surface area contributed by atoms with Crippen molar-refractivity contribution in [3.05, 3.63) is 23.2 Å². The number of hydrogen-bond acceptors (Lipinski definition) is 4. The summed E-state index contributed by atoms with van der Waals surface area (Å²) in [6.07, 6.45) is 1.95. The second-order valence-corrected chi connectivity index (χ2v) is 6.25. The van der Waals surface area contributed by atoms with E-state index in [1.54, 1.807) is 0 Å². The summed E-state index contributed by atoms with van der Waals surface area (Å²) in [4.78, 5) is 10.7. The van der Waals surface area contributed by atoms with Gasteiger partial charge >= 0.3 is 0 Å². The summed E-state index contributed by atoms with van der Waals surface area (Å²) in [5.41, 5.74) is 1.20. The molecule has 2 heterocycles. The molecule has 15 heavy (non-hydrogen) atoms. The van der Waals surface area contributed by atoms with Gasteiger partial charge in [0.25, 0.3) is 0 Å². The van der Waals surface area contributed by atoms with Gasteiger partial charge in [-0.15, -0.1) is 0 Å². The standard InChI is InChI=1S/C10H12O4S/c1-6(2)10-9-7(5-15(10,12)13)4-14-8(9)3-11/h3-4,6,10H,5H2,1-2H3. The minimum absolute atomic E-state index is 0.0114. The van der Waals surface area contributed by atoms with Crippen LogP contribution in [0.5, 0.6) is 0 Å². The maximum atomic E-state index is 11.8. The first-order valence-electron chi connectivity index (χ1n) is 4.74. The van der Waals surface area contributed by atoms with Crippen molar-refractivity contribution in [2.45, 2.75) is 24.9 Å². The molecule has 0 saturated carbocycles. The minimum atomic E-state index is -3.15. The van der Waals surface area contributed by atoms with E-state index in [-0.39, 0.29) is 17.4 Å². The lowest BCUT2D eigenvalue weighted by Crippen LogP contribution is -2.14. The molecule has 1 aliphatic heterocycles. The van der Waals surface area contributed by atoms with Crippen LogP contribution in [0.3, 0.4) is 0 Å². The fourth-order valence-electron chi connectivity index (χ4n) is 2.18. The Balaban J connectivity index is 2.64. The lowest BCUT2D eigenvalue weighted by Gasteiger charge is -2.14. The van der Waals surface area contributed by atoms with Crippen molar-refractivity contribution in [2.24, 2.45) is 5.92 Å². The van der Waals surface area contributed by atoms with Crippen molar-refractivity contribution in [1.82, 2.24) is 0 Å². The zero-order valence-electron chi connectivity index (χ0n) is 8.56. The minimum Gasteiger partial charge on any atom is -0.461 e. The number of hydrogen-bond donors (Lipinski definition) is 0. The highest BCUT2D eigenvalue weighted by molar-refractivity contribution is 7.91. The maximum absolute atomic E-state index is 11.8. The smallest absolute Gasteiger partial charge is 0.185 e. The first-order chi connectivity index (χ1) is 6.97. The Morgan fingerprint density at radius 1 is 1.53 bits per heavy atom. The second kappa shape index (κ2) is 3.20. The van der Waals surface area contributed by atoms with Crippen molar-refractivity contribution in [1.29, 1.82) is 0 Å². The Labute approximate surface area is 88.2 Å². The molecule has 0 N–H and O–H groups in total. The van der Waals surface area contributed by atoms with Crippen LogP contribution in [0.2, 0.25) is 0 Å². The van der Waals surface area contributed by atoms with E-state index in [2.05, 4.69) is 0 Å². The lowest BCUT2D eigenvalue weighted by atomic mass is 10.0. The number of carbonyl (C=O) groups excluding carboxylic acids is 1. The van der Waals surface area contributed by atoms with Gasteiger partial charge in [0.1, 0.15) is 0 Å². The molecule has 0 spiro atoms. The normalized spacial score (nSPS) is 23.0. The van der Waals surface area contributed by atoms with Gasteiger partial charge in [-0.05, 0) is 5.92 Å². The van der Waals surface area contributed by atoms with Gasteiger partial charge in [0, 0.05) is 11.1 Å². The van der Waals surface area contributed by atoms with E-state index >= 15 is 0 Å². The molecular weight excluding hydrogens is 216 g/mol. The van der Waals surface area contributed by atoms with E-state index in [4.69, 9.17) is 4.42 Å². The predicted molar refractivity (Wildman–Crippen MR) is 54.3 cm³/mol. The number of rotatable bonds is 2. The molecule has 1 atom stereocenters. The van der Waals surface area contributed by atoms with Crippen molar-refractivity contribution in [3.8, 4) is 0 Å². The Bertz CT molecular complexity index is 495. The number of sulfone groups is 1.